The maximum atomic E-state index is 5.73. The van der Waals surface area contributed by atoms with Crippen LogP contribution in [0.2, 0.25) is 0 Å². The Bertz CT molecular complexity index is 762. The van der Waals surface area contributed by atoms with Gasteiger partial charge in [0.15, 0.2) is 0 Å². The molecule has 102 valence electrons. The third-order valence-corrected chi connectivity index (χ3v) is 3.94. The normalized spacial score (nSPS) is 11.2. The lowest BCUT2D eigenvalue weighted by Gasteiger charge is -2.07. The molecule has 20 heavy (non-hydrogen) atoms. The molecule has 0 aliphatic carbocycles. The zero-order valence-corrected chi connectivity index (χ0v) is 12.9. The standard InChI is InChI=1S/C16H16BrN3/c1-2-20-15-7-6-13(17)9-14(15)19-16(20)12-5-3-4-11(8-12)10-18/h3-9H,2,10,18H2,1H3. The first-order chi connectivity index (χ1) is 9.72. The molecule has 0 atom stereocenters. The molecular formula is C16H16BrN3. The Morgan fingerprint density at radius 3 is 2.80 bits per heavy atom. The topological polar surface area (TPSA) is 43.8 Å². The van der Waals surface area contributed by atoms with Crippen LogP contribution in [0.5, 0.6) is 0 Å². The molecule has 0 saturated heterocycles. The van der Waals surface area contributed by atoms with Crippen LogP contribution in [0.1, 0.15) is 12.5 Å². The number of rotatable bonds is 3. The molecule has 2 aromatic carbocycles. The maximum Gasteiger partial charge on any atom is 0.141 e. The highest BCUT2D eigenvalue weighted by Crippen LogP contribution is 2.27. The van der Waals surface area contributed by atoms with Crippen molar-refractivity contribution >= 4 is 27.0 Å². The summed E-state index contributed by atoms with van der Waals surface area (Å²) in [5.41, 5.74) is 10.1. The summed E-state index contributed by atoms with van der Waals surface area (Å²) in [5, 5.41) is 0. The van der Waals surface area contributed by atoms with Crippen LogP contribution in [0.3, 0.4) is 0 Å². The van der Waals surface area contributed by atoms with Crippen molar-refractivity contribution < 1.29 is 0 Å². The number of imidazole rings is 1. The van der Waals surface area contributed by atoms with Crippen molar-refractivity contribution in [3.05, 3.63) is 52.5 Å². The second-order valence-electron chi connectivity index (χ2n) is 4.72. The molecule has 1 aromatic heterocycles. The summed E-state index contributed by atoms with van der Waals surface area (Å²) < 4.78 is 3.28. The summed E-state index contributed by atoms with van der Waals surface area (Å²) in [6.45, 7) is 3.57. The summed E-state index contributed by atoms with van der Waals surface area (Å²) in [5.74, 6) is 0.996. The smallest absolute Gasteiger partial charge is 0.141 e. The number of hydrogen-bond donors (Lipinski definition) is 1. The lowest BCUT2D eigenvalue weighted by Crippen LogP contribution is -1.99. The largest absolute Gasteiger partial charge is 0.326 e. The molecule has 3 aromatic rings. The van der Waals surface area contributed by atoms with Crippen molar-refractivity contribution in [1.82, 2.24) is 9.55 Å². The first-order valence-corrected chi connectivity index (χ1v) is 7.47. The Balaban J connectivity index is 2.24. The molecule has 0 saturated carbocycles. The van der Waals surface area contributed by atoms with Gasteiger partial charge < -0.3 is 10.3 Å². The van der Waals surface area contributed by atoms with Gasteiger partial charge in [-0.25, -0.2) is 4.98 Å². The number of nitrogens with zero attached hydrogens (tertiary/aromatic N) is 2. The fourth-order valence-electron chi connectivity index (χ4n) is 2.48. The highest BCUT2D eigenvalue weighted by Gasteiger charge is 2.11. The van der Waals surface area contributed by atoms with Crippen molar-refractivity contribution in [3.8, 4) is 11.4 Å². The molecule has 0 aliphatic heterocycles. The molecule has 0 bridgehead atoms. The maximum absolute atomic E-state index is 5.73. The lowest BCUT2D eigenvalue weighted by molar-refractivity contribution is 0.796. The van der Waals surface area contributed by atoms with E-state index in [4.69, 9.17) is 10.7 Å². The fraction of sp³-hybridized carbons (Fsp3) is 0.188. The van der Waals surface area contributed by atoms with Crippen LogP contribution < -0.4 is 5.73 Å². The van der Waals surface area contributed by atoms with E-state index in [-0.39, 0.29) is 0 Å². The van der Waals surface area contributed by atoms with Crippen LogP contribution in [-0.2, 0) is 13.1 Å². The minimum atomic E-state index is 0.547. The first-order valence-electron chi connectivity index (χ1n) is 6.68. The zero-order chi connectivity index (χ0) is 14.1. The van der Waals surface area contributed by atoms with Crippen LogP contribution in [0, 0.1) is 0 Å². The second kappa shape index (κ2) is 5.38. The Morgan fingerprint density at radius 2 is 2.05 bits per heavy atom. The van der Waals surface area contributed by atoms with Gasteiger partial charge in [-0.3, -0.25) is 0 Å². The molecule has 1 heterocycles. The SMILES string of the molecule is CCn1c(-c2cccc(CN)c2)nc2cc(Br)ccc21. The Morgan fingerprint density at radius 1 is 1.20 bits per heavy atom. The van der Waals surface area contributed by atoms with Crippen LogP contribution in [-0.4, -0.2) is 9.55 Å². The quantitative estimate of drug-likeness (QED) is 0.790. The Labute approximate surface area is 126 Å². The highest BCUT2D eigenvalue weighted by molar-refractivity contribution is 9.10. The molecule has 0 fully saturated rings. The van der Waals surface area contributed by atoms with Gasteiger partial charge in [0.2, 0.25) is 0 Å². The van der Waals surface area contributed by atoms with Gasteiger partial charge in [0.1, 0.15) is 5.82 Å². The third kappa shape index (κ3) is 2.25. The van der Waals surface area contributed by atoms with Gasteiger partial charge in [-0.1, -0.05) is 34.1 Å². The van der Waals surface area contributed by atoms with E-state index in [0.717, 1.165) is 39.0 Å². The predicted molar refractivity (Wildman–Crippen MR) is 86.4 cm³/mol. The van der Waals surface area contributed by atoms with Gasteiger partial charge in [-0.2, -0.15) is 0 Å². The van der Waals surface area contributed by atoms with Crippen LogP contribution in [0.15, 0.2) is 46.9 Å². The van der Waals surface area contributed by atoms with Gasteiger partial charge in [-0.05, 0) is 36.8 Å². The number of benzene rings is 2. The molecular weight excluding hydrogens is 314 g/mol. The van der Waals surface area contributed by atoms with E-state index in [1.165, 1.54) is 0 Å². The molecule has 0 radical (unpaired) electrons. The molecule has 4 heteroatoms. The summed E-state index contributed by atoms with van der Waals surface area (Å²) in [6, 6.07) is 14.5. The van der Waals surface area contributed by atoms with Gasteiger partial charge in [-0.15, -0.1) is 0 Å². The van der Waals surface area contributed by atoms with E-state index in [1.54, 1.807) is 0 Å². The monoisotopic (exact) mass is 329 g/mol. The van der Waals surface area contributed by atoms with Gasteiger partial charge in [0.05, 0.1) is 11.0 Å². The average molecular weight is 330 g/mol. The average Bonchev–Trinajstić information content (AvgIpc) is 2.84. The molecule has 0 unspecified atom stereocenters. The van der Waals surface area contributed by atoms with Crippen LogP contribution in [0.25, 0.3) is 22.4 Å². The highest BCUT2D eigenvalue weighted by atomic mass is 79.9. The molecule has 0 spiro atoms. The number of aromatic nitrogens is 2. The van der Waals surface area contributed by atoms with Gasteiger partial charge in [0.25, 0.3) is 0 Å². The van der Waals surface area contributed by atoms with Crippen molar-refractivity contribution in [3.63, 3.8) is 0 Å². The van der Waals surface area contributed by atoms with Crippen LogP contribution >= 0.6 is 15.9 Å². The van der Waals surface area contributed by atoms with Crippen molar-refractivity contribution in [2.24, 2.45) is 5.73 Å². The Hall–Kier alpha value is -1.65. The minimum absolute atomic E-state index is 0.547. The minimum Gasteiger partial charge on any atom is -0.326 e. The van der Waals surface area contributed by atoms with Gasteiger partial charge in [0, 0.05) is 23.1 Å². The van der Waals surface area contributed by atoms with Gasteiger partial charge >= 0.3 is 0 Å². The van der Waals surface area contributed by atoms with E-state index < -0.39 is 0 Å². The fourth-order valence-corrected chi connectivity index (χ4v) is 2.83. The number of aryl methyl sites for hydroxylation is 1. The van der Waals surface area contributed by atoms with E-state index >= 15 is 0 Å². The zero-order valence-electron chi connectivity index (χ0n) is 11.3. The van der Waals surface area contributed by atoms with Crippen molar-refractivity contribution in [2.75, 3.05) is 0 Å². The lowest BCUT2D eigenvalue weighted by atomic mass is 10.1. The second-order valence-corrected chi connectivity index (χ2v) is 5.63. The molecule has 3 nitrogen and oxygen atoms in total. The summed E-state index contributed by atoms with van der Waals surface area (Å²) in [7, 11) is 0. The molecule has 3 rings (SSSR count). The van der Waals surface area contributed by atoms with E-state index in [2.05, 4.69) is 57.8 Å². The number of fused-ring (bicyclic) bond motifs is 1. The first kappa shape index (κ1) is 13.3. The van der Waals surface area contributed by atoms with Crippen molar-refractivity contribution in [1.29, 1.82) is 0 Å². The predicted octanol–water partition coefficient (Wildman–Crippen LogP) is 3.94. The third-order valence-electron chi connectivity index (χ3n) is 3.45. The number of halogens is 1. The molecule has 0 aliphatic rings. The number of hydrogen-bond acceptors (Lipinski definition) is 2. The van der Waals surface area contributed by atoms with Crippen molar-refractivity contribution in [2.45, 2.75) is 20.0 Å². The summed E-state index contributed by atoms with van der Waals surface area (Å²) >= 11 is 3.50. The Kier molecular flexibility index (Phi) is 3.59. The van der Waals surface area contributed by atoms with E-state index in [9.17, 15) is 0 Å². The van der Waals surface area contributed by atoms with E-state index in [1.807, 2.05) is 12.1 Å². The number of nitrogens with two attached hydrogens (primary N) is 1. The molecule has 2 N–H and O–H groups in total. The molecule has 0 amide bonds. The summed E-state index contributed by atoms with van der Waals surface area (Å²) in [6.07, 6.45) is 0. The van der Waals surface area contributed by atoms with E-state index in [0.29, 0.717) is 6.54 Å². The van der Waals surface area contributed by atoms with Crippen LogP contribution in [0.4, 0.5) is 0 Å². The summed E-state index contributed by atoms with van der Waals surface area (Å²) in [4.78, 5) is 4.78.